The molecule has 0 aliphatic carbocycles. The van der Waals surface area contributed by atoms with Crippen LogP contribution in [0.25, 0.3) is 10.9 Å². The van der Waals surface area contributed by atoms with E-state index in [1.165, 1.54) is 12.5 Å². The van der Waals surface area contributed by atoms with Crippen LogP contribution in [0.3, 0.4) is 0 Å². The number of carbonyl (C=O) groups is 1. The van der Waals surface area contributed by atoms with Crippen LogP contribution in [0.2, 0.25) is 0 Å². The first kappa shape index (κ1) is 18.2. The molecule has 3 aromatic rings. The Balaban J connectivity index is 1.51. The Morgan fingerprint density at radius 2 is 1.68 bits per heavy atom. The van der Waals surface area contributed by atoms with Crippen LogP contribution < -0.4 is 15.5 Å². The van der Waals surface area contributed by atoms with Gasteiger partial charge in [-0.1, -0.05) is 17.7 Å². The molecule has 28 heavy (non-hydrogen) atoms. The lowest BCUT2D eigenvalue weighted by Crippen LogP contribution is -2.30. The molecule has 1 aromatic heterocycles. The molecule has 2 N–H and O–H groups in total. The molecule has 1 aliphatic rings. The zero-order chi connectivity index (χ0) is 19.5. The molecule has 144 valence electrons. The molecule has 0 radical (unpaired) electrons. The topological polar surface area (TPSA) is 57.3 Å². The van der Waals surface area contributed by atoms with Crippen LogP contribution in [-0.2, 0) is 0 Å². The zero-order valence-corrected chi connectivity index (χ0v) is 15.8. The fraction of sp³-hybridized carbons (Fsp3) is 0.273. The predicted octanol–water partition coefficient (Wildman–Crippen LogP) is 5.32. The fourth-order valence-electron chi connectivity index (χ4n) is 3.48. The molecule has 6 heteroatoms. The van der Waals surface area contributed by atoms with E-state index in [2.05, 4.69) is 20.5 Å². The molecule has 0 unspecified atom stereocenters. The summed E-state index contributed by atoms with van der Waals surface area (Å²) < 4.78 is 14.7. The van der Waals surface area contributed by atoms with Crippen molar-refractivity contribution >= 4 is 34.1 Å². The van der Waals surface area contributed by atoms with Gasteiger partial charge in [-0.3, -0.25) is 0 Å². The molecule has 2 aromatic carbocycles. The van der Waals surface area contributed by atoms with Crippen molar-refractivity contribution in [3.63, 3.8) is 0 Å². The zero-order valence-electron chi connectivity index (χ0n) is 15.8. The SMILES string of the molecule is Cc1ccc(NC(=O)Nc2cc(F)c3nc(N4CCCCC4)ccc3c2)cc1. The highest BCUT2D eigenvalue weighted by molar-refractivity contribution is 6.01. The number of hydrogen-bond acceptors (Lipinski definition) is 3. The minimum absolute atomic E-state index is 0.326. The molecule has 5 nitrogen and oxygen atoms in total. The van der Waals surface area contributed by atoms with Crippen molar-refractivity contribution in [3.05, 3.63) is 59.9 Å². The average Bonchev–Trinajstić information content (AvgIpc) is 2.70. The van der Waals surface area contributed by atoms with Gasteiger partial charge in [-0.05, 0) is 62.6 Å². The number of piperidine rings is 1. The molecule has 4 rings (SSSR count). The van der Waals surface area contributed by atoms with Gasteiger partial charge in [-0.25, -0.2) is 14.2 Å². The number of urea groups is 1. The highest BCUT2D eigenvalue weighted by Crippen LogP contribution is 2.26. The molecule has 2 amide bonds. The molecule has 2 heterocycles. The Kier molecular flexibility index (Phi) is 5.10. The highest BCUT2D eigenvalue weighted by atomic mass is 19.1. The summed E-state index contributed by atoms with van der Waals surface area (Å²) >= 11 is 0. The number of anilines is 3. The van der Waals surface area contributed by atoms with Crippen LogP contribution in [0, 0.1) is 12.7 Å². The molecule has 1 aliphatic heterocycles. The lowest BCUT2D eigenvalue weighted by atomic mass is 10.1. The van der Waals surface area contributed by atoms with E-state index in [0.717, 1.165) is 37.3 Å². The van der Waals surface area contributed by atoms with Gasteiger partial charge in [0.05, 0.1) is 0 Å². The van der Waals surface area contributed by atoms with E-state index < -0.39 is 11.8 Å². The Morgan fingerprint density at radius 3 is 2.43 bits per heavy atom. The summed E-state index contributed by atoms with van der Waals surface area (Å²) in [4.78, 5) is 18.9. The third-order valence-electron chi connectivity index (χ3n) is 4.98. The third kappa shape index (κ3) is 4.06. The molecular weight excluding hydrogens is 355 g/mol. The van der Waals surface area contributed by atoms with Crippen molar-refractivity contribution in [3.8, 4) is 0 Å². The molecule has 1 saturated heterocycles. The second-order valence-corrected chi connectivity index (χ2v) is 7.19. The summed E-state index contributed by atoms with van der Waals surface area (Å²) in [6.07, 6.45) is 3.51. The van der Waals surface area contributed by atoms with Gasteiger partial charge >= 0.3 is 6.03 Å². The van der Waals surface area contributed by atoms with Crippen LogP contribution >= 0.6 is 0 Å². The van der Waals surface area contributed by atoms with E-state index in [1.807, 2.05) is 43.3 Å². The summed E-state index contributed by atoms with van der Waals surface area (Å²) in [6, 6.07) is 13.9. The standard InChI is InChI=1S/C22H23FN4O/c1-15-5-8-17(9-6-15)24-22(28)25-18-13-16-7-10-20(26-21(16)19(23)14-18)27-11-3-2-4-12-27/h5-10,13-14H,2-4,11-12H2,1H3,(H2,24,25,28). The van der Waals surface area contributed by atoms with Crippen molar-refractivity contribution in [2.24, 2.45) is 0 Å². The molecule has 0 bridgehead atoms. The Morgan fingerprint density at radius 1 is 0.964 bits per heavy atom. The number of aryl methyl sites for hydroxylation is 1. The van der Waals surface area contributed by atoms with Crippen molar-refractivity contribution in [2.75, 3.05) is 28.6 Å². The Bertz CT molecular complexity index is 997. The van der Waals surface area contributed by atoms with Crippen molar-refractivity contribution in [1.29, 1.82) is 0 Å². The maximum absolute atomic E-state index is 14.7. The van der Waals surface area contributed by atoms with E-state index in [-0.39, 0.29) is 0 Å². The van der Waals surface area contributed by atoms with Gasteiger partial charge in [0.1, 0.15) is 11.3 Å². The van der Waals surface area contributed by atoms with Crippen LogP contribution in [0.15, 0.2) is 48.5 Å². The molecule has 0 atom stereocenters. The summed E-state index contributed by atoms with van der Waals surface area (Å²) in [6.45, 7) is 3.89. The number of hydrogen-bond donors (Lipinski definition) is 2. The maximum atomic E-state index is 14.7. The van der Waals surface area contributed by atoms with Crippen molar-refractivity contribution in [2.45, 2.75) is 26.2 Å². The van der Waals surface area contributed by atoms with E-state index >= 15 is 0 Å². The number of aromatic nitrogens is 1. The van der Waals surface area contributed by atoms with Gasteiger partial charge < -0.3 is 15.5 Å². The number of amides is 2. The van der Waals surface area contributed by atoms with Crippen molar-refractivity contribution < 1.29 is 9.18 Å². The number of halogens is 1. The number of carbonyl (C=O) groups excluding carboxylic acids is 1. The smallest absolute Gasteiger partial charge is 0.323 e. The van der Waals surface area contributed by atoms with E-state index in [0.29, 0.717) is 22.3 Å². The number of nitrogens with zero attached hydrogens (tertiary/aromatic N) is 2. The van der Waals surface area contributed by atoms with Crippen LogP contribution in [-0.4, -0.2) is 24.1 Å². The Labute approximate surface area is 163 Å². The van der Waals surface area contributed by atoms with Crippen LogP contribution in [0.1, 0.15) is 24.8 Å². The Hall–Kier alpha value is -3.15. The minimum Gasteiger partial charge on any atom is -0.357 e. The number of nitrogens with one attached hydrogen (secondary N) is 2. The first-order valence-electron chi connectivity index (χ1n) is 9.58. The van der Waals surface area contributed by atoms with Crippen LogP contribution in [0.4, 0.5) is 26.4 Å². The predicted molar refractivity (Wildman–Crippen MR) is 112 cm³/mol. The third-order valence-corrected chi connectivity index (χ3v) is 4.98. The molecule has 0 saturated carbocycles. The van der Waals surface area contributed by atoms with Gasteiger partial charge in [0.15, 0.2) is 5.82 Å². The first-order valence-corrected chi connectivity index (χ1v) is 9.58. The number of fused-ring (bicyclic) bond motifs is 1. The maximum Gasteiger partial charge on any atom is 0.323 e. The van der Waals surface area contributed by atoms with Gasteiger partial charge in [-0.15, -0.1) is 0 Å². The second kappa shape index (κ2) is 7.84. The van der Waals surface area contributed by atoms with Gasteiger partial charge in [0.2, 0.25) is 0 Å². The molecule has 1 fully saturated rings. The fourth-order valence-corrected chi connectivity index (χ4v) is 3.48. The van der Waals surface area contributed by atoms with E-state index in [9.17, 15) is 9.18 Å². The lowest BCUT2D eigenvalue weighted by Gasteiger charge is -2.27. The van der Waals surface area contributed by atoms with E-state index in [1.54, 1.807) is 6.07 Å². The largest absolute Gasteiger partial charge is 0.357 e. The normalized spacial score (nSPS) is 14.1. The second-order valence-electron chi connectivity index (χ2n) is 7.19. The number of rotatable bonds is 3. The monoisotopic (exact) mass is 378 g/mol. The minimum atomic E-state index is -0.443. The lowest BCUT2D eigenvalue weighted by molar-refractivity contribution is 0.262. The molecular formula is C22H23FN4O. The summed E-state index contributed by atoms with van der Waals surface area (Å²) in [5, 5.41) is 6.09. The van der Waals surface area contributed by atoms with Crippen molar-refractivity contribution in [1.82, 2.24) is 4.98 Å². The van der Waals surface area contributed by atoms with Gasteiger partial charge in [-0.2, -0.15) is 0 Å². The highest BCUT2D eigenvalue weighted by Gasteiger charge is 2.14. The van der Waals surface area contributed by atoms with E-state index in [4.69, 9.17) is 0 Å². The summed E-state index contributed by atoms with van der Waals surface area (Å²) in [7, 11) is 0. The summed E-state index contributed by atoms with van der Waals surface area (Å²) in [5.41, 5.74) is 2.51. The quantitative estimate of drug-likeness (QED) is 0.649. The van der Waals surface area contributed by atoms with Gasteiger partial charge in [0.25, 0.3) is 0 Å². The first-order chi connectivity index (χ1) is 13.6. The number of pyridine rings is 1. The van der Waals surface area contributed by atoms with Crippen LogP contribution in [0.5, 0.6) is 0 Å². The number of benzene rings is 2. The van der Waals surface area contributed by atoms with Gasteiger partial charge in [0, 0.05) is 29.9 Å². The molecule has 0 spiro atoms. The summed E-state index contributed by atoms with van der Waals surface area (Å²) in [5.74, 6) is 0.367. The average molecular weight is 378 g/mol.